The van der Waals surface area contributed by atoms with Crippen LogP contribution < -0.4 is 5.73 Å². The molecule has 1 atom stereocenters. The third-order valence-electron chi connectivity index (χ3n) is 5.14. The Labute approximate surface area is 153 Å². The van der Waals surface area contributed by atoms with Gasteiger partial charge in [0.05, 0.1) is 11.4 Å². The molecular weight excluding hydrogens is 355 g/mol. The van der Waals surface area contributed by atoms with E-state index in [1.807, 2.05) is 18.2 Å². The van der Waals surface area contributed by atoms with E-state index in [1.165, 1.54) is 5.56 Å². The maximum absolute atomic E-state index is 13.4. The lowest BCUT2D eigenvalue weighted by Gasteiger charge is -2.28. The van der Waals surface area contributed by atoms with E-state index in [0.29, 0.717) is 11.3 Å². The zero-order valence-corrected chi connectivity index (χ0v) is 14.6. The molecule has 3 aromatic rings. The predicted octanol–water partition coefficient (Wildman–Crippen LogP) is 4.24. The number of benzene rings is 1. The second-order valence-corrected chi connectivity index (χ2v) is 6.75. The van der Waals surface area contributed by atoms with Gasteiger partial charge >= 0.3 is 6.18 Å². The van der Waals surface area contributed by atoms with Gasteiger partial charge in [0.25, 0.3) is 0 Å². The number of hydrogen-bond acceptors (Lipinski definition) is 4. The maximum atomic E-state index is 13.4. The number of pyridine rings is 1. The molecule has 5 nitrogen and oxygen atoms in total. The summed E-state index contributed by atoms with van der Waals surface area (Å²) in [6, 6.07) is 8.00. The van der Waals surface area contributed by atoms with Crippen molar-refractivity contribution in [3.8, 4) is 11.3 Å². The first kappa shape index (κ1) is 17.5. The Morgan fingerprint density at radius 3 is 2.70 bits per heavy atom. The van der Waals surface area contributed by atoms with E-state index >= 15 is 0 Å². The van der Waals surface area contributed by atoms with E-state index in [2.05, 4.69) is 26.5 Å². The summed E-state index contributed by atoms with van der Waals surface area (Å²) in [6.07, 6.45) is -0.294. The summed E-state index contributed by atoms with van der Waals surface area (Å²) in [6.45, 7) is 1.67. The number of aromatic amines is 1. The van der Waals surface area contributed by atoms with Gasteiger partial charge in [0.1, 0.15) is 5.69 Å². The van der Waals surface area contributed by atoms with Gasteiger partial charge in [-0.25, -0.2) is 0 Å². The SMILES string of the molecule is Cc1ncc(C2CCCc3ccccc32)c(-c2n[nH]nc2C(F)(F)F)c1N. The summed E-state index contributed by atoms with van der Waals surface area (Å²) in [7, 11) is 0. The summed E-state index contributed by atoms with van der Waals surface area (Å²) in [5.41, 5.74) is 8.77. The monoisotopic (exact) mass is 373 g/mol. The molecule has 140 valence electrons. The quantitative estimate of drug-likeness (QED) is 0.704. The first-order valence-corrected chi connectivity index (χ1v) is 8.69. The summed E-state index contributed by atoms with van der Waals surface area (Å²) >= 11 is 0. The molecule has 0 amide bonds. The molecule has 2 heterocycles. The Morgan fingerprint density at radius 2 is 1.93 bits per heavy atom. The molecule has 1 aliphatic carbocycles. The average molecular weight is 373 g/mol. The third kappa shape index (κ3) is 2.94. The lowest BCUT2D eigenvalue weighted by atomic mass is 9.77. The molecule has 0 spiro atoms. The van der Waals surface area contributed by atoms with Gasteiger partial charge in [-0.3, -0.25) is 4.98 Å². The molecule has 27 heavy (non-hydrogen) atoms. The minimum absolute atomic E-state index is 0.0851. The molecule has 0 saturated heterocycles. The Hall–Kier alpha value is -2.90. The fourth-order valence-electron chi connectivity index (χ4n) is 3.85. The zero-order chi connectivity index (χ0) is 19.2. The smallest absolute Gasteiger partial charge is 0.397 e. The number of halogens is 3. The average Bonchev–Trinajstić information content (AvgIpc) is 3.13. The summed E-state index contributed by atoms with van der Waals surface area (Å²) in [4.78, 5) is 4.32. The molecule has 3 N–H and O–H groups in total. The summed E-state index contributed by atoms with van der Waals surface area (Å²) < 4.78 is 40.3. The number of nitrogens with one attached hydrogen (secondary N) is 1. The van der Waals surface area contributed by atoms with Crippen molar-refractivity contribution in [3.05, 3.63) is 58.5 Å². The van der Waals surface area contributed by atoms with Gasteiger partial charge in [-0.1, -0.05) is 24.3 Å². The topological polar surface area (TPSA) is 80.5 Å². The minimum atomic E-state index is -4.63. The van der Waals surface area contributed by atoms with Gasteiger partial charge in [0.15, 0.2) is 5.69 Å². The highest BCUT2D eigenvalue weighted by atomic mass is 19.4. The highest BCUT2D eigenvalue weighted by Crippen LogP contribution is 2.45. The van der Waals surface area contributed by atoms with Crippen LogP contribution in [0.4, 0.5) is 18.9 Å². The number of hydrogen-bond donors (Lipinski definition) is 2. The Kier molecular flexibility index (Phi) is 4.13. The van der Waals surface area contributed by atoms with E-state index in [0.717, 1.165) is 24.8 Å². The molecule has 1 unspecified atom stereocenters. The van der Waals surface area contributed by atoms with Gasteiger partial charge < -0.3 is 5.73 Å². The normalized spacial score (nSPS) is 17.0. The van der Waals surface area contributed by atoms with Crippen LogP contribution in [0.5, 0.6) is 0 Å². The van der Waals surface area contributed by atoms with Gasteiger partial charge in [-0.2, -0.15) is 28.6 Å². The number of anilines is 1. The second-order valence-electron chi connectivity index (χ2n) is 6.75. The van der Waals surface area contributed by atoms with Gasteiger partial charge in [-0.05, 0) is 42.9 Å². The van der Waals surface area contributed by atoms with E-state index < -0.39 is 11.9 Å². The molecule has 1 aliphatic rings. The zero-order valence-electron chi connectivity index (χ0n) is 14.6. The first-order chi connectivity index (χ1) is 12.9. The van der Waals surface area contributed by atoms with E-state index in [1.54, 1.807) is 13.1 Å². The number of nitrogen functional groups attached to an aromatic ring is 1. The fourth-order valence-corrected chi connectivity index (χ4v) is 3.85. The largest absolute Gasteiger partial charge is 0.437 e. The summed E-state index contributed by atoms with van der Waals surface area (Å²) in [5, 5.41) is 9.23. The number of nitrogens with zero attached hydrogens (tertiary/aromatic N) is 3. The van der Waals surface area contributed by atoms with Crippen LogP contribution in [0.25, 0.3) is 11.3 Å². The Bertz CT molecular complexity index is 993. The minimum Gasteiger partial charge on any atom is -0.397 e. The van der Waals surface area contributed by atoms with Crippen LogP contribution in [0.2, 0.25) is 0 Å². The Morgan fingerprint density at radius 1 is 1.15 bits per heavy atom. The third-order valence-corrected chi connectivity index (χ3v) is 5.14. The van der Waals surface area contributed by atoms with Crippen LogP contribution >= 0.6 is 0 Å². The van der Waals surface area contributed by atoms with Crippen molar-refractivity contribution < 1.29 is 13.2 Å². The lowest BCUT2D eigenvalue weighted by Crippen LogP contribution is -2.15. The number of fused-ring (bicyclic) bond motifs is 1. The number of alkyl halides is 3. The molecule has 2 aromatic heterocycles. The van der Waals surface area contributed by atoms with Crippen LogP contribution in [0.3, 0.4) is 0 Å². The van der Waals surface area contributed by atoms with Crippen molar-refractivity contribution in [1.82, 2.24) is 20.4 Å². The van der Waals surface area contributed by atoms with Crippen LogP contribution in [-0.2, 0) is 12.6 Å². The molecule has 0 aliphatic heterocycles. The van der Waals surface area contributed by atoms with Crippen molar-refractivity contribution in [1.29, 1.82) is 0 Å². The number of H-pyrrole nitrogens is 1. The Balaban J connectivity index is 1.96. The first-order valence-electron chi connectivity index (χ1n) is 8.69. The number of nitrogens with two attached hydrogens (primary N) is 1. The van der Waals surface area contributed by atoms with Crippen molar-refractivity contribution in [2.45, 2.75) is 38.3 Å². The highest BCUT2D eigenvalue weighted by molar-refractivity contribution is 5.80. The molecule has 0 radical (unpaired) electrons. The van der Waals surface area contributed by atoms with E-state index in [-0.39, 0.29) is 22.9 Å². The fraction of sp³-hybridized carbons (Fsp3) is 0.316. The van der Waals surface area contributed by atoms with E-state index in [9.17, 15) is 13.2 Å². The van der Waals surface area contributed by atoms with Crippen molar-refractivity contribution in [2.75, 3.05) is 5.73 Å². The number of rotatable bonds is 2. The molecule has 0 saturated carbocycles. The highest BCUT2D eigenvalue weighted by Gasteiger charge is 2.40. The molecule has 0 fully saturated rings. The molecule has 4 rings (SSSR count). The second kappa shape index (κ2) is 6.37. The van der Waals surface area contributed by atoms with E-state index in [4.69, 9.17) is 5.73 Å². The van der Waals surface area contributed by atoms with Crippen molar-refractivity contribution in [2.24, 2.45) is 0 Å². The molecular formula is C19H18F3N5. The maximum Gasteiger partial charge on any atom is 0.437 e. The number of aromatic nitrogens is 4. The van der Waals surface area contributed by atoms with Crippen LogP contribution in [0.15, 0.2) is 30.5 Å². The molecule has 0 bridgehead atoms. The molecule has 1 aromatic carbocycles. The lowest BCUT2D eigenvalue weighted by molar-refractivity contribution is -0.140. The standard InChI is InChI=1S/C19H18F3N5/c1-10-16(23)15(17-18(19(20,21)22)26-27-25-17)14(9-24-10)13-8-4-6-11-5-2-3-7-12(11)13/h2-3,5,7,9,13H,4,6,8,23H2,1H3,(H,25,26,27). The van der Waals surface area contributed by atoms with Crippen LogP contribution in [0.1, 0.15) is 46.8 Å². The van der Waals surface area contributed by atoms with Gasteiger partial charge in [0, 0.05) is 17.7 Å². The van der Waals surface area contributed by atoms with Crippen molar-refractivity contribution in [3.63, 3.8) is 0 Å². The molecule has 8 heteroatoms. The van der Waals surface area contributed by atoms with Gasteiger partial charge in [-0.15, -0.1) is 0 Å². The van der Waals surface area contributed by atoms with Crippen LogP contribution in [-0.4, -0.2) is 20.4 Å². The summed E-state index contributed by atoms with van der Waals surface area (Å²) in [5.74, 6) is -0.0851. The predicted molar refractivity (Wildman–Crippen MR) is 95.0 cm³/mol. The van der Waals surface area contributed by atoms with Crippen molar-refractivity contribution >= 4 is 5.69 Å². The number of aryl methyl sites for hydroxylation is 2. The van der Waals surface area contributed by atoms with Crippen LogP contribution in [0, 0.1) is 6.92 Å². The van der Waals surface area contributed by atoms with Gasteiger partial charge in [0.2, 0.25) is 0 Å².